The minimum atomic E-state index is -0.798. The molecule has 0 radical (unpaired) electrons. The highest BCUT2D eigenvalue weighted by molar-refractivity contribution is 6.82. The molecule has 0 atom stereocenters. The SMILES string of the molecule is CCOC(=O)/C(Cl)=N/Nc1c(C)cccc1[N+](=O)[O-]. The molecule has 1 rings (SSSR count). The van der Waals surface area contributed by atoms with Gasteiger partial charge in [-0.25, -0.2) is 4.79 Å². The number of aryl methyl sites for hydroxylation is 1. The van der Waals surface area contributed by atoms with Crippen LogP contribution < -0.4 is 5.43 Å². The van der Waals surface area contributed by atoms with Gasteiger partial charge in [-0.15, -0.1) is 0 Å². The summed E-state index contributed by atoms with van der Waals surface area (Å²) in [4.78, 5) is 21.5. The zero-order valence-electron chi connectivity index (χ0n) is 10.3. The standard InChI is InChI=1S/C11H12ClN3O4/c1-3-19-11(16)10(12)14-13-9-7(2)5-4-6-8(9)15(17)18/h4-6,13H,3H2,1-2H3/b14-10-. The van der Waals surface area contributed by atoms with E-state index >= 15 is 0 Å². The van der Waals surface area contributed by atoms with Crippen LogP contribution in [0.3, 0.4) is 0 Å². The lowest BCUT2D eigenvalue weighted by atomic mass is 10.2. The second-order valence-electron chi connectivity index (χ2n) is 3.46. The monoisotopic (exact) mass is 285 g/mol. The molecule has 0 fully saturated rings. The number of halogens is 1. The first-order chi connectivity index (χ1) is 8.97. The number of hydrogen-bond donors (Lipinski definition) is 1. The van der Waals surface area contributed by atoms with Gasteiger partial charge in [0.05, 0.1) is 11.5 Å². The van der Waals surface area contributed by atoms with Crippen molar-refractivity contribution in [2.75, 3.05) is 12.0 Å². The van der Waals surface area contributed by atoms with E-state index in [1.54, 1.807) is 26.0 Å². The summed E-state index contributed by atoms with van der Waals surface area (Å²) in [5.41, 5.74) is 3.04. The summed E-state index contributed by atoms with van der Waals surface area (Å²) in [6, 6.07) is 4.54. The number of carbonyl (C=O) groups is 1. The average molecular weight is 286 g/mol. The highest BCUT2D eigenvalue weighted by atomic mass is 35.5. The number of ether oxygens (including phenoxy) is 1. The van der Waals surface area contributed by atoms with Crippen molar-refractivity contribution in [2.24, 2.45) is 5.10 Å². The number of para-hydroxylation sites is 1. The number of benzene rings is 1. The van der Waals surface area contributed by atoms with Crippen LogP contribution in [-0.2, 0) is 9.53 Å². The molecule has 0 bridgehead atoms. The number of nitro benzene ring substituents is 1. The van der Waals surface area contributed by atoms with Crippen molar-refractivity contribution in [3.63, 3.8) is 0 Å². The summed E-state index contributed by atoms with van der Waals surface area (Å²) in [6.07, 6.45) is 0. The summed E-state index contributed by atoms with van der Waals surface area (Å²) in [5.74, 6) is -0.798. The molecule has 0 aliphatic heterocycles. The Balaban J connectivity index is 2.97. The molecular weight excluding hydrogens is 274 g/mol. The topological polar surface area (TPSA) is 93.8 Å². The van der Waals surface area contributed by atoms with Gasteiger partial charge in [0.1, 0.15) is 5.69 Å². The first kappa shape index (κ1) is 14.9. The number of carbonyl (C=O) groups excluding carboxylic acids is 1. The Hall–Kier alpha value is -2.15. The minimum absolute atomic E-state index is 0.155. The van der Waals surface area contributed by atoms with Crippen molar-refractivity contribution < 1.29 is 14.5 Å². The number of hydrogen-bond acceptors (Lipinski definition) is 6. The van der Waals surface area contributed by atoms with E-state index in [9.17, 15) is 14.9 Å². The smallest absolute Gasteiger partial charge is 0.370 e. The highest BCUT2D eigenvalue weighted by Gasteiger charge is 2.16. The molecule has 0 unspecified atom stereocenters. The van der Waals surface area contributed by atoms with E-state index in [2.05, 4.69) is 15.3 Å². The summed E-state index contributed by atoms with van der Waals surface area (Å²) in [7, 11) is 0. The number of anilines is 1. The summed E-state index contributed by atoms with van der Waals surface area (Å²) < 4.78 is 4.62. The number of esters is 1. The molecule has 19 heavy (non-hydrogen) atoms. The zero-order valence-corrected chi connectivity index (χ0v) is 11.1. The number of rotatable bonds is 5. The number of nitro groups is 1. The lowest BCUT2D eigenvalue weighted by Crippen LogP contribution is -2.13. The Labute approximate surface area is 114 Å². The molecule has 1 aromatic rings. The van der Waals surface area contributed by atoms with Gasteiger partial charge in [0.25, 0.3) is 5.69 Å². The minimum Gasteiger partial charge on any atom is -0.461 e. The molecule has 7 nitrogen and oxygen atoms in total. The molecule has 102 valence electrons. The first-order valence-corrected chi connectivity index (χ1v) is 5.75. The third-order valence-electron chi connectivity index (χ3n) is 2.16. The molecular formula is C11H12ClN3O4. The van der Waals surface area contributed by atoms with E-state index in [0.29, 0.717) is 5.56 Å². The Kier molecular flexibility index (Phi) is 5.25. The van der Waals surface area contributed by atoms with Crippen LogP contribution in [0.25, 0.3) is 0 Å². The van der Waals surface area contributed by atoms with Crippen LogP contribution in [0.2, 0.25) is 0 Å². The average Bonchev–Trinajstić information content (AvgIpc) is 2.36. The van der Waals surface area contributed by atoms with Crippen molar-refractivity contribution in [1.29, 1.82) is 0 Å². The molecule has 0 aromatic heterocycles. The lowest BCUT2D eigenvalue weighted by Gasteiger charge is -2.06. The second kappa shape index (κ2) is 6.69. The Morgan fingerprint density at radius 1 is 1.58 bits per heavy atom. The molecule has 8 heteroatoms. The number of nitrogens with zero attached hydrogens (tertiary/aromatic N) is 2. The lowest BCUT2D eigenvalue weighted by molar-refractivity contribution is -0.384. The van der Waals surface area contributed by atoms with Crippen LogP contribution in [0.5, 0.6) is 0 Å². The fourth-order valence-electron chi connectivity index (χ4n) is 1.29. The van der Waals surface area contributed by atoms with Gasteiger partial charge in [0.15, 0.2) is 0 Å². The van der Waals surface area contributed by atoms with Crippen molar-refractivity contribution in [2.45, 2.75) is 13.8 Å². The molecule has 0 aliphatic carbocycles. The molecule has 0 saturated carbocycles. The predicted molar refractivity (Wildman–Crippen MR) is 71.4 cm³/mol. The van der Waals surface area contributed by atoms with Gasteiger partial charge in [0, 0.05) is 6.07 Å². The fraction of sp³-hybridized carbons (Fsp3) is 0.273. The van der Waals surface area contributed by atoms with Gasteiger partial charge in [-0.3, -0.25) is 15.5 Å². The molecule has 0 amide bonds. The maximum Gasteiger partial charge on any atom is 0.370 e. The van der Waals surface area contributed by atoms with Gasteiger partial charge in [-0.05, 0) is 19.4 Å². The van der Waals surface area contributed by atoms with E-state index in [1.165, 1.54) is 6.07 Å². The zero-order chi connectivity index (χ0) is 14.4. The van der Waals surface area contributed by atoms with Crippen molar-refractivity contribution >= 4 is 34.1 Å². The third-order valence-corrected chi connectivity index (χ3v) is 2.40. The molecule has 0 aliphatic rings. The maximum atomic E-state index is 11.2. The van der Waals surface area contributed by atoms with Crippen LogP contribution in [0.15, 0.2) is 23.3 Å². The summed E-state index contributed by atoms with van der Waals surface area (Å²) >= 11 is 5.59. The molecule has 0 heterocycles. The Bertz CT molecular complexity index is 531. The van der Waals surface area contributed by atoms with E-state index in [0.717, 1.165) is 0 Å². The van der Waals surface area contributed by atoms with E-state index < -0.39 is 16.1 Å². The van der Waals surface area contributed by atoms with Crippen molar-refractivity contribution in [3.05, 3.63) is 33.9 Å². The Morgan fingerprint density at radius 3 is 2.84 bits per heavy atom. The summed E-state index contributed by atoms with van der Waals surface area (Å²) in [6.45, 7) is 3.46. The van der Waals surface area contributed by atoms with Gasteiger partial charge in [0.2, 0.25) is 5.17 Å². The van der Waals surface area contributed by atoms with Crippen LogP contribution in [-0.4, -0.2) is 22.7 Å². The molecule has 1 N–H and O–H groups in total. The van der Waals surface area contributed by atoms with Crippen LogP contribution >= 0.6 is 11.6 Å². The predicted octanol–water partition coefficient (Wildman–Crippen LogP) is 2.43. The maximum absolute atomic E-state index is 11.2. The van der Waals surface area contributed by atoms with Crippen molar-refractivity contribution in [1.82, 2.24) is 0 Å². The first-order valence-electron chi connectivity index (χ1n) is 5.37. The van der Waals surface area contributed by atoms with Crippen LogP contribution in [0.4, 0.5) is 11.4 Å². The summed E-state index contributed by atoms with van der Waals surface area (Å²) in [5, 5.41) is 14.0. The Morgan fingerprint density at radius 2 is 2.26 bits per heavy atom. The van der Waals surface area contributed by atoms with Crippen molar-refractivity contribution in [3.8, 4) is 0 Å². The largest absolute Gasteiger partial charge is 0.461 e. The van der Waals surface area contributed by atoms with Crippen LogP contribution in [0.1, 0.15) is 12.5 Å². The second-order valence-corrected chi connectivity index (χ2v) is 3.82. The fourth-order valence-corrected chi connectivity index (χ4v) is 1.39. The van der Waals surface area contributed by atoms with E-state index in [-0.39, 0.29) is 18.0 Å². The normalized spacial score (nSPS) is 11.0. The number of hydrazone groups is 1. The number of nitrogens with one attached hydrogen (secondary N) is 1. The van der Waals surface area contributed by atoms with E-state index in [4.69, 9.17) is 11.6 Å². The highest BCUT2D eigenvalue weighted by Crippen LogP contribution is 2.27. The third kappa shape index (κ3) is 3.92. The van der Waals surface area contributed by atoms with Gasteiger partial charge in [-0.2, -0.15) is 5.10 Å². The van der Waals surface area contributed by atoms with Crippen LogP contribution in [0, 0.1) is 17.0 Å². The quantitative estimate of drug-likeness (QED) is 0.388. The van der Waals surface area contributed by atoms with E-state index in [1.807, 2.05) is 0 Å². The van der Waals surface area contributed by atoms with Gasteiger partial charge >= 0.3 is 5.97 Å². The molecule has 1 aromatic carbocycles. The van der Waals surface area contributed by atoms with Gasteiger partial charge in [-0.1, -0.05) is 23.7 Å². The molecule has 0 saturated heterocycles. The molecule has 0 spiro atoms. The van der Waals surface area contributed by atoms with Gasteiger partial charge < -0.3 is 4.74 Å².